The van der Waals surface area contributed by atoms with E-state index in [-0.39, 0.29) is 49.1 Å². The zero-order chi connectivity index (χ0) is 29.2. The molecule has 2 aliphatic rings. The lowest BCUT2D eigenvalue weighted by atomic mass is 9.98. The molecule has 2 amide bonds. The van der Waals surface area contributed by atoms with Gasteiger partial charge in [0.1, 0.15) is 11.6 Å². The van der Waals surface area contributed by atoms with Crippen molar-refractivity contribution in [2.24, 2.45) is 5.92 Å². The Morgan fingerprint density at radius 1 is 1.20 bits per heavy atom. The number of rotatable bonds is 7. The standard InChI is InChI=1S/C33H42FN3O4/c1-3-7-24-12-15-35-31(39)10-6-11-32(40)37-29(19-25-17-27(34)20-28(18-25)41-22-24)30(38)21-36-33(13-14-33)26-9-5-8-23(4-2)16-26/h2,5,8-9,16-18,20,24,29-30,36,38H,3,6-7,10-15,19,21-22H2,1H3,(H,35,39)(H,37,40)/t24?,29-,30+/m0/s1. The Morgan fingerprint density at radius 3 is 2.76 bits per heavy atom. The van der Waals surface area contributed by atoms with Crippen LogP contribution in [0, 0.1) is 24.1 Å². The monoisotopic (exact) mass is 563 g/mol. The van der Waals surface area contributed by atoms with Gasteiger partial charge in [0.25, 0.3) is 0 Å². The lowest BCUT2D eigenvalue weighted by Gasteiger charge is -2.27. The highest BCUT2D eigenvalue weighted by Gasteiger charge is 2.44. The van der Waals surface area contributed by atoms with Crippen LogP contribution in [0.25, 0.3) is 0 Å². The molecule has 2 bridgehead atoms. The van der Waals surface area contributed by atoms with Crippen LogP contribution in [0.15, 0.2) is 42.5 Å². The van der Waals surface area contributed by atoms with Gasteiger partial charge in [0.2, 0.25) is 11.8 Å². The molecular formula is C33H42FN3O4. The van der Waals surface area contributed by atoms with E-state index in [9.17, 15) is 19.1 Å². The number of carbonyl (C=O) groups is 2. The molecule has 1 heterocycles. The highest BCUT2D eigenvalue weighted by molar-refractivity contribution is 5.79. The molecule has 0 aromatic heterocycles. The normalized spacial score (nSPS) is 22.3. The molecule has 4 N–H and O–H groups in total. The fourth-order valence-electron chi connectivity index (χ4n) is 5.53. The van der Waals surface area contributed by atoms with E-state index in [0.717, 1.165) is 43.2 Å². The van der Waals surface area contributed by atoms with Gasteiger partial charge in [-0.3, -0.25) is 9.59 Å². The molecule has 1 fully saturated rings. The van der Waals surface area contributed by atoms with Gasteiger partial charge < -0.3 is 25.8 Å². The maximum Gasteiger partial charge on any atom is 0.220 e. The van der Waals surface area contributed by atoms with Crippen molar-refractivity contribution in [3.05, 3.63) is 65.0 Å². The minimum absolute atomic E-state index is 0.0866. The Bertz CT molecular complexity index is 1240. The van der Waals surface area contributed by atoms with E-state index in [2.05, 4.69) is 28.8 Å². The fourth-order valence-corrected chi connectivity index (χ4v) is 5.53. The zero-order valence-electron chi connectivity index (χ0n) is 23.9. The first-order valence-corrected chi connectivity index (χ1v) is 14.8. The van der Waals surface area contributed by atoms with Gasteiger partial charge >= 0.3 is 0 Å². The molecule has 0 spiro atoms. The Hall–Kier alpha value is -3.41. The molecule has 2 aromatic carbocycles. The third kappa shape index (κ3) is 9.04. The van der Waals surface area contributed by atoms with Crippen LogP contribution in [-0.2, 0) is 21.5 Å². The second-order valence-electron chi connectivity index (χ2n) is 11.4. The second kappa shape index (κ2) is 14.5. The number of benzene rings is 2. The number of amides is 2. The van der Waals surface area contributed by atoms with E-state index < -0.39 is 18.0 Å². The molecule has 220 valence electrons. The topological polar surface area (TPSA) is 99.7 Å². The lowest BCUT2D eigenvalue weighted by Crippen LogP contribution is -2.50. The van der Waals surface area contributed by atoms with Crippen molar-refractivity contribution >= 4 is 11.8 Å². The first-order valence-electron chi connectivity index (χ1n) is 14.8. The predicted molar refractivity (Wildman–Crippen MR) is 157 cm³/mol. The molecule has 41 heavy (non-hydrogen) atoms. The number of aliphatic hydroxyl groups is 1. The molecule has 0 saturated heterocycles. The van der Waals surface area contributed by atoms with E-state index in [1.165, 1.54) is 12.1 Å². The van der Waals surface area contributed by atoms with E-state index in [4.69, 9.17) is 11.2 Å². The number of nitrogens with one attached hydrogen (secondary N) is 3. The first kappa shape index (κ1) is 30.5. The van der Waals surface area contributed by atoms with Gasteiger partial charge in [-0.1, -0.05) is 31.4 Å². The molecule has 0 radical (unpaired) electrons. The van der Waals surface area contributed by atoms with Crippen LogP contribution in [0.3, 0.4) is 0 Å². The molecule has 3 atom stereocenters. The molecule has 1 aliphatic carbocycles. The SMILES string of the molecule is C#Cc1cccc(C2(NC[C@@H](O)[C@@H]3Cc4cc(F)cc(c4)OCC(CCC)CCNC(=O)CCCC(=O)N3)CC2)c1. The summed E-state index contributed by atoms with van der Waals surface area (Å²) in [5.74, 6) is 2.53. The third-order valence-electron chi connectivity index (χ3n) is 8.04. The van der Waals surface area contributed by atoms with Crippen LogP contribution in [0.5, 0.6) is 5.75 Å². The Morgan fingerprint density at radius 2 is 2.00 bits per heavy atom. The summed E-state index contributed by atoms with van der Waals surface area (Å²) in [5, 5.41) is 20.7. The maximum absolute atomic E-state index is 14.6. The largest absolute Gasteiger partial charge is 0.493 e. The van der Waals surface area contributed by atoms with Crippen molar-refractivity contribution in [3.63, 3.8) is 0 Å². The number of hydrogen-bond acceptors (Lipinski definition) is 5. The predicted octanol–water partition coefficient (Wildman–Crippen LogP) is 3.96. The van der Waals surface area contributed by atoms with Crippen LogP contribution in [0.2, 0.25) is 0 Å². The van der Waals surface area contributed by atoms with Crippen LogP contribution < -0.4 is 20.7 Å². The molecule has 1 aliphatic heterocycles. The molecule has 8 heteroatoms. The number of ether oxygens (including phenoxy) is 1. The Labute approximate surface area is 242 Å². The summed E-state index contributed by atoms with van der Waals surface area (Å²) in [7, 11) is 0. The lowest BCUT2D eigenvalue weighted by molar-refractivity contribution is -0.123. The van der Waals surface area contributed by atoms with Gasteiger partial charge in [0.15, 0.2) is 0 Å². The highest BCUT2D eigenvalue weighted by atomic mass is 19.1. The second-order valence-corrected chi connectivity index (χ2v) is 11.4. The number of terminal acetylenes is 1. The van der Waals surface area contributed by atoms with Crippen LogP contribution in [0.4, 0.5) is 4.39 Å². The van der Waals surface area contributed by atoms with Crippen molar-refractivity contribution in [1.82, 2.24) is 16.0 Å². The van der Waals surface area contributed by atoms with Crippen LogP contribution in [-0.4, -0.2) is 48.8 Å². The average Bonchev–Trinajstić information content (AvgIpc) is 3.75. The summed E-state index contributed by atoms with van der Waals surface area (Å²) in [4.78, 5) is 25.2. The van der Waals surface area contributed by atoms with Crippen molar-refractivity contribution in [1.29, 1.82) is 0 Å². The van der Waals surface area contributed by atoms with Gasteiger partial charge in [-0.2, -0.15) is 0 Å². The smallest absolute Gasteiger partial charge is 0.220 e. The van der Waals surface area contributed by atoms with E-state index in [0.29, 0.717) is 30.9 Å². The minimum atomic E-state index is -0.945. The van der Waals surface area contributed by atoms with Crippen LogP contribution in [0.1, 0.15) is 75.0 Å². The highest BCUT2D eigenvalue weighted by Crippen LogP contribution is 2.45. The summed E-state index contributed by atoms with van der Waals surface area (Å²) in [5.41, 5.74) is 2.23. The van der Waals surface area contributed by atoms with Gasteiger partial charge in [-0.25, -0.2) is 4.39 Å². The average molecular weight is 564 g/mol. The zero-order valence-corrected chi connectivity index (χ0v) is 23.9. The summed E-state index contributed by atoms with van der Waals surface area (Å²) >= 11 is 0. The first-order chi connectivity index (χ1) is 19.8. The quantitative estimate of drug-likeness (QED) is 0.383. The molecule has 1 unspecified atom stereocenters. The minimum Gasteiger partial charge on any atom is -0.493 e. The van der Waals surface area contributed by atoms with Crippen molar-refractivity contribution in [2.45, 2.75) is 82.4 Å². The number of aliphatic hydroxyl groups excluding tert-OH is 1. The van der Waals surface area contributed by atoms with Crippen molar-refractivity contribution < 1.29 is 23.8 Å². The van der Waals surface area contributed by atoms with Crippen molar-refractivity contribution in [2.75, 3.05) is 19.7 Å². The molecule has 2 aromatic rings. The molecule has 4 rings (SSSR count). The van der Waals surface area contributed by atoms with E-state index in [1.54, 1.807) is 6.07 Å². The maximum atomic E-state index is 14.6. The Balaban J connectivity index is 1.50. The van der Waals surface area contributed by atoms with Gasteiger partial charge in [0.05, 0.1) is 18.8 Å². The Kier molecular flexibility index (Phi) is 10.8. The summed E-state index contributed by atoms with van der Waals surface area (Å²) < 4.78 is 20.6. The summed E-state index contributed by atoms with van der Waals surface area (Å²) in [6, 6.07) is 11.7. The van der Waals surface area contributed by atoms with E-state index >= 15 is 0 Å². The van der Waals surface area contributed by atoms with Crippen LogP contribution >= 0.6 is 0 Å². The van der Waals surface area contributed by atoms with Gasteiger partial charge in [-0.15, -0.1) is 6.42 Å². The third-order valence-corrected chi connectivity index (χ3v) is 8.04. The summed E-state index contributed by atoms with van der Waals surface area (Å²) in [6.45, 7) is 3.28. The number of carbonyl (C=O) groups excluding carboxylic acids is 2. The van der Waals surface area contributed by atoms with Gasteiger partial charge in [0, 0.05) is 43.1 Å². The number of hydrogen-bond donors (Lipinski definition) is 4. The van der Waals surface area contributed by atoms with Gasteiger partial charge in [-0.05, 0) is 79.8 Å². The van der Waals surface area contributed by atoms with Crippen molar-refractivity contribution in [3.8, 4) is 18.1 Å². The number of halogens is 1. The molecular weight excluding hydrogens is 521 g/mol. The number of fused-ring (bicyclic) bond motifs is 2. The molecule has 1 saturated carbocycles. The van der Waals surface area contributed by atoms with E-state index in [1.807, 2.05) is 24.3 Å². The fraction of sp³-hybridized carbons (Fsp3) is 0.515. The molecule has 7 nitrogen and oxygen atoms in total. The summed E-state index contributed by atoms with van der Waals surface area (Å²) in [6.07, 6.45) is 10.2.